The maximum Gasteiger partial charge on any atom is 0.117 e. The summed E-state index contributed by atoms with van der Waals surface area (Å²) in [5.41, 5.74) is 3.36. The molecule has 4 N–H and O–H groups in total. The molecule has 1 fully saturated rings. The lowest BCUT2D eigenvalue weighted by molar-refractivity contribution is -0.107. The Labute approximate surface area is 122 Å². The molecule has 0 aliphatic heterocycles. The molecule has 5 nitrogen and oxygen atoms in total. The van der Waals surface area contributed by atoms with E-state index >= 15 is 0 Å². The van der Waals surface area contributed by atoms with Crippen LogP contribution in [0.4, 0.5) is 0 Å². The van der Waals surface area contributed by atoms with E-state index in [-0.39, 0.29) is 5.41 Å². The van der Waals surface area contributed by atoms with Gasteiger partial charge in [-0.2, -0.15) is 5.26 Å². The van der Waals surface area contributed by atoms with E-state index in [1.165, 1.54) is 12.4 Å². The smallest absolute Gasteiger partial charge is 0.117 e. The quantitative estimate of drug-likeness (QED) is 0.523. The third kappa shape index (κ3) is 6.74. The Morgan fingerprint density at radius 2 is 1.80 bits per heavy atom. The molecule has 110 valence electrons. The fourth-order valence-corrected chi connectivity index (χ4v) is 0.825. The summed E-state index contributed by atoms with van der Waals surface area (Å²) in [7, 11) is 5.37. The van der Waals surface area contributed by atoms with Crippen LogP contribution < -0.4 is 5.73 Å². The Morgan fingerprint density at radius 1 is 1.35 bits per heavy atom. The molecule has 0 spiro atoms. The second-order valence-corrected chi connectivity index (χ2v) is 6.15. The summed E-state index contributed by atoms with van der Waals surface area (Å²) in [4.78, 5) is 4.03. The fourth-order valence-electron chi connectivity index (χ4n) is 0.825. The minimum atomic E-state index is -1.01. The molecule has 0 saturated heterocycles. The molecule has 0 heterocycles. The molecule has 20 heavy (non-hydrogen) atoms. The van der Waals surface area contributed by atoms with Crippen molar-refractivity contribution in [1.29, 1.82) is 5.26 Å². The molecule has 0 unspecified atom stereocenters. The zero-order chi connectivity index (χ0) is 16.0. The monoisotopic (exact) mass is 277 g/mol. The van der Waals surface area contributed by atoms with Crippen LogP contribution in [0, 0.1) is 16.7 Å². The minimum absolute atomic E-state index is 0.189. The first-order chi connectivity index (χ1) is 8.97. The van der Waals surface area contributed by atoms with Crippen molar-refractivity contribution in [3.8, 4) is 6.07 Å². The largest absolute Gasteiger partial charge is 0.405 e. The van der Waals surface area contributed by atoms with Gasteiger partial charge in [-0.3, -0.25) is 4.99 Å². The van der Waals surface area contributed by atoms with Gasteiger partial charge in [0.2, 0.25) is 0 Å². The number of nitriles is 1. The highest BCUT2D eigenvalue weighted by atomic mass is 16.3. The van der Waals surface area contributed by atoms with Crippen LogP contribution >= 0.6 is 0 Å². The Balaban J connectivity index is 0.000000396. The molecule has 0 atom stereocenters. The Hall–Kier alpha value is -1.32. The Bertz CT molecular complexity index is 396. The summed E-state index contributed by atoms with van der Waals surface area (Å²) in [6.07, 6.45) is 4.69. The van der Waals surface area contributed by atoms with Crippen LogP contribution in [0.3, 0.4) is 0 Å². The first-order valence-corrected chi connectivity index (χ1v) is 6.51. The number of aliphatic hydroxyl groups is 2. The molecule has 1 aliphatic carbocycles. The van der Waals surface area contributed by atoms with Crippen molar-refractivity contribution < 1.29 is 10.2 Å². The minimum Gasteiger partial charge on any atom is -0.405 e. The number of hydrogen-bond donors (Lipinski definition) is 3. The Morgan fingerprint density at radius 3 is 2.05 bits per heavy atom. The van der Waals surface area contributed by atoms with Crippen LogP contribution in [0.15, 0.2) is 16.7 Å². The zero-order valence-corrected chi connectivity index (χ0v) is 12.7. The molecule has 0 aromatic rings. The highest BCUT2D eigenvalue weighted by Gasteiger charge is 2.42. The number of nitrogens with two attached hydrogens (primary N) is 1. The molecule has 1 aliphatic rings. The van der Waals surface area contributed by atoms with Crippen molar-refractivity contribution in [1.82, 2.24) is 0 Å². The van der Waals surface area contributed by atoms with E-state index in [1.807, 2.05) is 0 Å². The molecular formula is C14H24BN3O2. The summed E-state index contributed by atoms with van der Waals surface area (Å²) >= 11 is 0. The maximum absolute atomic E-state index is 9.10. The Kier molecular flexibility index (Phi) is 6.46. The predicted molar refractivity (Wildman–Crippen MR) is 81.3 cm³/mol. The normalized spacial score (nSPS) is 18.1. The van der Waals surface area contributed by atoms with Gasteiger partial charge in [-0.05, 0) is 46.7 Å². The molecule has 0 aromatic heterocycles. The van der Waals surface area contributed by atoms with E-state index < -0.39 is 11.2 Å². The van der Waals surface area contributed by atoms with Gasteiger partial charge in [0.05, 0.1) is 29.2 Å². The molecular weight excluding hydrogens is 253 g/mol. The van der Waals surface area contributed by atoms with Gasteiger partial charge in [0.25, 0.3) is 0 Å². The highest BCUT2D eigenvalue weighted by molar-refractivity contribution is 6.32. The van der Waals surface area contributed by atoms with Crippen molar-refractivity contribution in [3.05, 3.63) is 11.7 Å². The van der Waals surface area contributed by atoms with E-state index in [1.54, 1.807) is 27.7 Å². The third-order valence-electron chi connectivity index (χ3n) is 3.41. The second-order valence-electron chi connectivity index (χ2n) is 6.15. The second kappa shape index (κ2) is 6.91. The van der Waals surface area contributed by atoms with Crippen LogP contribution in [0.5, 0.6) is 0 Å². The van der Waals surface area contributed by atoms with Crippen LogP contribution in [-0.2, 0) is 0 Å². The highest BCUT2D eigenvalue weighted by Crippen LogP contribution is 2.44. The van der Waals surface area contributed by atoms with E-state index in [0.29, 0.717) is 12.0 Å². The van der Waals surface area contributed by atoms with Gasteiger partial charge in [0.1, 0.15) is 7.85 Å². The van der Waals surface area contributed by atoms with E-state index in [9.17, 15) is 0 Å². The zero-order valence-electron chi connectivity index (χ0n) is 12.7. The van der Waals surface area contributed by atoms with E-state index in [0.717, 1.165) is 12.8 Å². The predicted octanol–water partition coefficient (Wildman–Crippen LogP) is 0.858. The van der Waals surface area contributed by atoms with Gasteiger partial charge < -0.3 is 15.9 Å². The SMILES string of the molecule is CC(C)(O)C(C)(C)O.[B]C(C=NCC1(C#N)CC1)=CN. The van der Waals surface area contributed by atoms with Crippen LogP contribution in [0.1, 0.15) is 40.5 Å². The number of nitrogens with zero attached hydrogens (tertiary/aromatic N) is 2. The van der Waals surface area contributed by atoms with Crippen molar-refractivity contribution in [2.75, 3.05) is 6.54 Å². The first-order valence-electron chi connectivity index (χ1n) is 6.51. The van der Waals surface area contributed by atoms with Gasteiger partial charge in [-0.1, -0.05) is 5.47 Å². The summed E-state index contributed by atoms with van der Waals surface area (Å²) < 4.78 is 0. The lowest BCUT2D eigenvalue weighted by Crippen LogP contribution is -2.44. The number of rotatable bonds is 4. The fraction of sp³-hybridized carbons (Fsp3) is 0.714. The van der Waals surface area contributed by atoms with Crippen molar-refractivity contribution in [3.63, 3.8) is 0 Å². The molecule has 1 saturated carbocycles. The average Bonchev–Trinajstić information content (AvgIpc) is 3.07. The molecule has 0 bridgehead atoms. The van der Waals surface area contributed by atoms with Crippen LogP contribution in [0.2, 0.25) is 0 Å². The maximum atomic E-state index is 9.10. The van der Waals surface area contributed by atoms with Crippen molar-refractivity contribution in [2.45, 2.75) is 51.7 Å². The van der Waals surface area contributed by atoms with Gasteiger partial charge in [0, 0.05) is 6.21 Å². The summed E-state index contributed by atoms with van der Waals surface area (Å²) in [6, 6.07) is 2.24. The lowest BCUT2D eigenvalue weighted by Gasteiger charge is -2.31. The van der Waals surface area contributed by atoms with Crippen molar-refractivity contribution >= 4 is 14.1 Å². The number of aliphatic imine (C=N–C) groups is 1. The first kappa shape index (κ1) is 18.7. The van der Waals surface area contributed by atoms with Crippen LogP contribution in [0.25, 0.3) is 0 Å². The van der Waals surface area contributed by atoms with Crippen molar-refractivity contribution in [2.24, 2.45) is 16.1 Å². The van der Waals surface area contributed by atoms with Gasteiger partial charge in [0.15, 0.2) is 0 Å². The average molecular weight is 277 g/mol. The summed E-state index contributed by atoms with van der Waals surface area (Å²) in [5, 5.41) is 26.9. The topological polar surface area (TPSA) is 103 Å². The molecule has 0 amide bonds. The molecule has 6 heteroatoms. The number of hydrogen-bond acceptors (Lipinski definition) is 5. The molecule has 0 aromatic carbocycles. The standard InChI is InChI=1S/C8H10BN3.C6H14O2/c9-7(3-10)4-12-6-8(5-11)1-2-8;1-5(2,7)6(3,4)8/h3-4H,1-2,6,10H2;7-8H,1-4H3. The number of allylic oxidation sites excluding steroid dienone is 1. The third-order valence-corrected chi connectivity index (χ3v) is 3.41. The van der Waals surface area contributed by atoms with Gasteiger partial charge in [-0.15, -0.1) is 0 Å². The summed E-state index contributed by atoms with van der Waals surface area (Å²) in [6.45, 7) is 6.85. The summed E-state index contributed by atoms with van der Waals surface area (Å²) in [5.74, 6) is 0. The molecule has 1 rings (SSSR count). The lowest BCUT2D eigenvalue weighted by atomic mass is 9.90. The van der Waals surface area contributed by atoms with Gasteiger partial charge >= 0.3 is 0 Å². The molecule has 2 radical (unpaired) electrons. The van der Waals surface area contributed by atoms with Crippen LogP contribution in [-0.4, -0.2) is 42.0 Å². The van der Waals surface area contributed by atoms with E-state index in [2.05, 4.69) is 11.1 Å². The van der Waals surface area contributed by atoms with Gasteiger partial charge in [-0.25, -0.2) is 0 Å². The van der Waals surface area contributed by atoms with E-state index in [4.69, 9.17) is 29.1 Å².